The molecule has 0 aliphatic heterocycles. The van der Waals surface area contributed by atoms with Crippen LogP contribution in [0.4, 0.5) is 17.1 Å². The van der Waals surface area contributed by atoms with Crippen molar-refractivity contribution in [2.24, 2.45) is 0 Å². The maximum absolute atomic E-state index is 12.4. The number of nitrogens with zero attached hydrogens (tertiary/aromatic N) is 1. The molecular formula is C21H21N3O. The number of amides is 1. The molecule has 0 bridgehead atoms. The van der Waals surface area contributed by atoms with Gasteiger partial charge < -0.3 is 10.6 Å². The van der Waals surface area contributed by atoms with E-state index in [1.165, 1.54) is 11.1 Å². The lowest BCUT2D eigenvalue weighted by molar-refractivity contribution is 0.102. The van der Waals surface area contributed by atoms with Crippen LogP contribution in [-0.2, 0) is 0 Å². The van der Waals surface area contributed by atoms with Gasteiger partial charge >= 0.3 is 0 Å². The zero-order chi connectivity index (χ0) is 17.8. The highest BCUT2D eigenvalue weighted by Gasteiger charge is 2.09. The molecule has 0 atom stereocenters. The molecule has 0 aliphatic rings. The molecular weight excluding hydrogens is 310 g/mol. The molecule has 0 saturated carbocycles. The van der Waals surface area contributed by atoms with Crippen LogP contribution in [0.25, 0.3) is 0 Å². The number of carbonyl (C=O) groups excluding carboxylic acids is 1. The summed E-state index contributed by atoms with van der Waals surface area (Å²) in [5.41, 5.74) is 6.43. The second-order valence-electron chi connectivity index (χ2n) is 6.25. The van der Waals surface area contributed by atoms with Gasteiger partial charge in [-0.2, -0.15) is 0 Å². The van der Waals surface area contributed by atoms with Gasteiger partial charge in [-0.05, 0) is 73.9 Å². The molecule has 1 aromatic heterocycles. The Hall–Kier alpha value is -3.14. The molecule has 0 aliphatic carbocycles. The third kappa shape index (κ3) is 4.44. The monoisotopic (exact) mass is 331 g/mol. The van der Waals surface area contributed by atoms with Crippen molar-refractivity contribution >= 4 is 23.0 Å². The zero-order valence-corrected chi connectivity index (χ0v) is 14.6. The lowest BCUT2D eigenvalue weighted by Gasteiger charge is -2.10. The van der Waals surface area contributed by atoms with E-state index in [-0.39, 0.29) is 5.91 Å². The van der Waals surface area contributed by atoms with Crippen LogP contribution in [0.1, 0.15) is 27.2 Å². The number of rotatable bonds is 4. The molecule has 3 rings (SSSR count). The topological polar surface area (TPSA) is 54.0 Å². The van der Waals surface area contributed by atoms with Crippen molar-refractivity contribution in [2.75, 3.05) is 10.6 Å². The molecule has 3 aromatic rings. The Balaban J connectivity index is 1.77. The fourth-order valence-electron chi connectivity index (χ4n) is 2.76. The number of anilines is 3. The first-order valence-corrected chi connectivity index (χ1v) is 8.19. The average Bonchev–Trinajstić information content (AvgIpc) is 2.54. The highest BCUT2D eigenvalue weighted by Crippen LogP contribution is 2.20. The Morgan fingerprint density at radius 2 is 1.52 bits per heavy atom. The summed E-state index contributed by atoms with van der Waals surface area (Å²) in [5.74, 6) is -0.227. The molecule has 126 valence electrons. The number of pyridine rings is 1. The van der Waals surface area contributed by atoms with Crippen LogP contribution in [0.15, 0.2) is 60.8 Å². The standard InChI is InChI=1S/C21H21N3O/c1-14-5-4-6-17(10-14)24-21(25)20-13-18(7-8-22-20)23-19-11-15(2)9-16(3)12-19/h4-13H,1-3H3,(H,22,23)(H,24,25). The van der Waals surface area contributed by atoms with Crippen molar-refractivity contribution < 1.29 is 4.79 Å². The fourth-order valence-corrected chi connectivity index (χ4v) is 2.76. The molecule has 2 aromatic carbocycles. The molecule has 0 radical (unpaired) electrons. The molecule has 0 unspecified atom stereocenters. The summed E-state index contributed by atoms with van der Waals surface area (Å²) in [4.78, 5) is 16.6. The lowest BCUT2D eigenvalue weighted by Crippen LogP contribution is -2.13. The SMILES string of the molecule is Cc1cccc(NC(=O)c2cc(Nc3cc(C)cc(C)c3)ccn2)c1. The minimum absolute atomic E-state index is 0.227. The number of nitrogens with one attached hydrogen (secondary N) is 2. The Morgan fingerprint density at radius 1 is 0.800 bits per heavy atom. The molecule has 0 fully saturated rings. The number of hydrogen-bond donors (Lipinski definition) is 2. The van der Waals surface area contributed by atoms with Gasteiger partial charge in [-0.25, -0.2) is 0 Å². The van der Waals surface area contributed by atoms with Gasteiger partial charge in [0.05, 0.1) is 0 Å². The molecule has 0 saturated heterocycles. The van der Waals surface area contributed by atoms with Crippen molar-refractivity contribution in [2.45, 2.75) is 20.8 Å². The Morgan fingerprint density at radius 3 is 2.24 bits per heavy atom. The summed E-state index contributed by atoms with van der Waals surface area (Å²) in [5, 5.41) is 6.21. The van der Waals surface area contributed by atoms with E-state index in [0.29, 0.717) is 5.69 Å². The van der Waals surface area contributed by atoms with E-state index >= 15 is 0 Å². The first-order chi connectivity index (χ1) is 12.0. The van der Waals surface area contributed by atoms with Crippen molar-refractivity contribution in [1.29, 1.82) is 0 Å². The van der Waals surface area contributed by atoms with Crippen LogP contribution >= 0.6 is 0 Å². The number of aromatic nitrogens is 1. The molecule has 1 amide bonds. The summed E-state index contributed by atoms with van der Waals surface area (Å²) < 4.78 is 0. The molecule has 25 heavy (non-hydrogen) atoms. The number of hydrogen-bond acceptors (Lipinski definition) is 3. The van der Waals surface area contributed by atoms with E-state index in [9.17, 15) is 4.79 Å². The van der Waals surface area contributed by atoms with E-state index in [1.807, 2.05) is 37.3 Å². The number of carbonyl (C=O) groups is 1. The Labute approximate surface area is 147 Å². The van der Waals surface area contributed by atoms with Gasteiger partial charge in [-0.1, -0.05) is 18.2 Å². The van der Waals surface area contributed by atoms with Crippen molar-refractivity contribution in [3.8, 4) is 0 Å². The fraction of sp³-hybridized carbons (Fsp3) is 0.143. The first kappa shape index (κ1) is 16.7. The second kappa shape index (κ2) is 7.18. The summed E-state index contributed by atoms with van der Waals surface area (Å²) in [6.45, 7) is 6.11. The van der Waals surface area contributed by atoms with Gasteiger partial charge in [0.25, 0.3) is 5.91 Å². The smallest absolute Gasteiger partial charge is 0.274 e. The van der Waals surface area contributed by atoms with Gasteiger partial charge in [0, 0.05) is 23.3 Å². The largest absolute Gasteiger partial charge is 0.355 e. The van der Waals surface area contributed by atoms with E-state index in [2.05, 4.69) is 47.7 Å². The average molecular weight is 331 g/mol. The predicted molar refractivity (Wildman–Crippen MR) is 103 cm³/mol. The third-order valence-electron chi connectivity index (χ3n) is 3.78. The lowest BCUT2D eigenvalue weighted by atomic mass is 10.1. The van der Waals surface area contributed by atoms with E-state index in [4.69, 9.17) is 0 Å². The minimum atomic E-state index is -0.227. The van der Waals surface area contributed by atoms with Crippen LogP contribution in [0.3, 0.4) is 0 Å². The molecule has 4 heteroatoms. The summed E-state index contributed by atoms with van der Waals surface area (Å²) in [6.07, 6.45) is 1.64. The third-order valence-corrected chi connectivity index (χ3v) is 3.78. The number of benzene rings is 2. The van der Waals surface area contributed by atoms with Crippen molar-refractivity contribution in [3.63, 3.8) is 0 Å². The van der Waals surface area contributed by atoms with E-state index in [0.717, 1.165) is 22.6 Å². The van der Waals surface area contributed by atoms with E-state index in [1.54, 1.807) is 12.3 Å². The maximum atomic E-state index is 12.4. The van der Waals surface area contributed by atoms with Gasteiger partial charge in [0.1, 0.15) is 5.69 Å². The predicted octanol–water partition coefficient (Wildman–Crippen LogP) is 5.00. The molecule has 4 nitrogen and oxygen atoms in total. The Bertz CT molecular complexity index is 898. The molecule has 1 heterocycles. The first-order valence-electron chi connectivity index (χ1n) is 8.19. The van der Waals surface area contributed by atoms with Gasteiger partial charge in [0.15, 0.2) is 0 Å². The van der Waals surface area contributed by atoms with Crippen molar-refractivity contribution in [1.82, 2.24) is 4.98 Å². The van der Waals surface area contributed by atoms with Crippen LogP contribution in [0.2, 0.25) is 0 Å². The highest BCUT2D eigenvalue weighted by molar-refractivity contribution is 6.03. The highest BCUT2D eigenvalue weighted by atomic mass is 16.1. The molecule has 0 spiro atoms. The van der Waals surface area contributed by atoms with Gasteiger partial charge in [-0.15, -0.1) is 0 Å². The quantitative estimate of drug-likeness (QED) is 0.707. The van der Waals surface area contributed by atoms with Crippen LogP contribution < -0.4 is 10.6 Å². The number of aryl methyl sites for hydroxylation is 3. The van der Waals surface area contributed by atoms with Crippen LogP contribution in [-0.4, -0.2) is 10.9 Å². The van der Waals surface area contributed by atoms with E-state index < -0.39 is 0 Å². The normalized spacial score (nSPS) is 10.4. The van der Waals surface area contributed by atoms with Gasteiger partial charge in [0.2, 0.25) is 0 Å². The van der Waals surface area contributed by atoms with Crippen LogP contribution in [0.5, 0.6) is 0 Å². The maximum Gasteiger partial charge on any atom is 0.274 e. The zero-order valence-electron chi connectivity index (χ0n) is 14.6. The van der Waals surface area contributed by atoms with Crippen molar-refractivity contribution in [3.05, 3.63) is 83.2 Å². The van der Waals surface area contributed by atoms with Crippen LogP contribution in [0, 0.1) is 20.8 Å². The van der Waals surface area contributed by atoms with Gasteiger partial charge in [-0.3, -0.25) is 9.78 Å². The summed E-state index contributed by atoms with van der Waals surface area (Å²) in [6, 6.07) is 17.6. The second-order valence-corrected chi connectivity index (χ2v) is 6.25. The minimum Gasteiger partial charge on any atom is -0.355 e. The summed E-state index contributed by atoms with van der Waals surface area (Å²) in [7, 11) is 0. The Kier molecular flexibility index (Phi) is 4.80. The summed E-state index contributed by atoms with van der Waals surface area (Å²) >= 11 is 0. The molecule has 2 N–H and O–H groups in total.